The van der Waals surface area contributed by atoms with E-state index >= 15 is 0 Å². The molecule has 1 aliphatic rings. The second kappa shape index (κ2) is 9.59. The normalized spacial score (nSPS) is 16.2. The highest BCUT2D eigenvalue weighted by Crippen LogP contribution is 2.14. The number of nitrogens with zero attached hydrogens (tertiary/aromatic N) is 1. The van der Waals surface area contributed by atoms with E-state index in [1.165, 1.54) is 49.9 Å². The first-order valence-electron chi connectivity index (χ1n) is 8.49. The van der Waals surface area contributed by atoms with Gasteiger partial charge in [0, 0.05) is 26.1 Å². The molecule has 122 valence electrons. The third-order valence-electron chi connectivity index (χ3n) is 4.19. The van der Waals surface area contributed by atoms with Crippen molar-refractivity contribution in [2.75, 3.05) is 26.7 Å². The molecule has 0 bridgehead atoms. The Morgan fingerprint density at radius 2 is 1.86 bits per heavy atom. The van der Waals surface area contributed by atoms with Crippen molar-refractivity contribution in [2.45, 2.75) is 45.2 Å². The molecule has 0 unspecified atom stereocenters. The topological polar surface area (TPSA) is 44.4 Å². The molecule has 4 heteroatoms. The minimum Gasteiger partial charge on any atom is -0.352 e. The molecule has 0 radical (unpaired) electrons. The number of rotatable bonds is 7. The maximum Gasteiger partial charge on any atom is 0.221 e. The van der Waals surface area contributed by atoms with Crippen molar-refractivity contribution >= 4 is 5.91 Å². The van der Waals surface area contributed by atoms with Crippen LogP contribution >= 0.6 is 0 Å². The molecule has 2 rings (SSSR count). The van der Waals surface area contributed by atoms with Crippen molar-refractivity contribution < 1.29 is 4.79 Å². The number of carbonyl (C=O) groups is 1. The number of hydrogen-bond donors (Lipinski definition) is 2. The molecule has 0 aliphatic carbocycles. The first-order chi connectivity index (χ1) is 10.8. The molecule has 0 atom stereocenters. The van der Waals surface area contributed by atoms with E-state index in [0.717, 1.165) is 13.1 Å². The van der Waals surface area contributed by atoms with Crippen LogP contribution in [0.3, 0.4) is 0 Å². The minimum atomic E-state index is 0.104. The Balaban J connectivity index is 1.82. The van der Waals surface area contributed by atoms with Gasteiger partial charge in [-0.25, -0.2) is 0 Å². The second-order valence-electron chi connectivity index (χ2n) is 6.14. The lowest BCUT2D eigenvalue weighted by Crippen LogP contribution is -2.26. The summed E-state index contributed by atoms with van der Waals surface area (Å²) >= 11 is 0. The quantitative estimate of drug-likeness (QED) is 0.812. The van der Waals surface area contributed by atoms with Crippen LogP contribution in [0.5, 0.6) is 0 Å². The van der Waals surface area contributed by atoms with Crippen LogP contribution in [0.15, 0.2) is 24.3 Å². The lowest BCUT2D eigenvalue weighted by Gasteiger charge is -2.20. The summed E-state index contributed by atoms with van der Waals surface area (Å²) in [5.74, 6) is 0.104. The Morgan fingerprint density at radius 3 is 2.59 bits per heavy atom. The lowest BCUT2D eigenvalue weighted by atomic mass is 10.1. The summed E-state index contributed by atoms with van der Waals surface area (Å²) in [7, 11) is 1.86. The Labute approximate surface area is 134 Å². The molecule has 1 aromatic rings. The Morgan fingerprint density at radius 1 is 1.14 bits per heavy atom. The molecule has 1 amide bonds. The highest BCUT2D eigenvalue weighted by molar-refractivity contribution is 5.76. The van der Waals surface area contributed by atoms with Gasteiger partial charge in [-0.3, -0.25) is 9.69 Å². The van der Waals surface area contributed by atoms with E-state index in [-0.39, 0.29) is 5.91 Å². The van der Waals surface area contributed by atoms with E-state index in [1.807, 2.05) is 7.05 Å². The van der Waals surface area contributed by atoms with Crippen LogP contribution in [0.4, 0.5) is 0 Å². The standard InChI is InChI=1S/C18H29N3O/c1-19-10-9-18(22)20-14-16-7-6-8-17(13-16)15-21-11-4-2-3-5-12-21/h6-8,13,19H,2-5,9-12,14-15H2,1H3,(H,20,22). The van der Waals surface area contributed by atoms with Gasteiger partial charge < -0.3 is 10.6 Å². The van der Waals surface area contributed by atoms with Gasteiger partial charge in [-0.1, -0.05) is 37.1 Å². The Kier molecular flexibility index (Phi) is 7.40. The van der Waals surface area contributed by atoms with Crippen molar-refractivity contribution in [3.63, 3.8) is 0 Å². The van der Waals surface area contributed by atoms with Crippen LogP contribution in [-0.4, -0.2) is 37.5 Å². The summed E-state index contributed by atoms with van der Waals surface area (Å²) in [6, 6.07) is 8.60. The molecule has 0 spiro atoms. The maximum atomic E-state index is 11.7. The van der Waals surface area contributed by atoms with Crippen LogP contribution in [0, 0.1) is 0 Å². The van der Waals surface area contributed by atoms with Gasteiger partial charge in [0.2, 0.25) is 5.91 Å². The number of carbonyl (C=O) groups excluding carboxylic acids is 1. The van der Waals surface area contributed by atoms with E-state index in [9.17, 15) is 4.79 Å². The number of hydrogen-bond acceptors (Lipinski definition) is 3. The summed E-state index contributed by atoms with van der Waals surface area (Å²) < 4.78 is 0. The molecule has 2 N–H and O–H groups in total. The van der Waals surface area contributed by atoms with E-state index < -0.39 is 0 Å². The number of benzene rings is 1. The first-order valence-corrected chi connectivity index (χ1v) is 8.49. The summed E-state index contributed by atoms with van der Waals surface area (Å²) in [5.41, 5.74) is 2.54. The summed E-state index contributed by atoms with van der Waals surface area (Å²) in [4.78, 5) is 14.2. The molecule has 1 aromatic carbocycles. The zero-order valence-corrected chi connectivity index (χ0v) is 13.7. The smallest absolute Gasteiger partial charge is 0.221 e. The van der Waals surface area contributed by atoms with Crippen molar-refractivity contribution in [2.24, 2.45) is 0 Å². The van der Waals surface area contributed by atoms with Crippen LogP contribution < -0.4 is 10.6 Å². The van der Waals surface area contributed by atoms with Gasteiger partial charge >= 0.3 is 0 Å². The molecular weight excluding hydrogens is 274 g/mol. The minimum absolute atomic E-state index is 0.104. The van der Waals surface area contributed by atoms with Gasteiger partial charge in [0.15, 0.2) is 0 Å². The summed E-state index contributed by atoms with van der Waals surface area (Å²) in [6.07, 6.45) is 5.91. The van der Waals surface area contributed by atoms with E-state index in [1.54, 1.807) is 0 Å². The SMILES string of the molecule is CNCCC(=O)NCc1cccc(CN2CCCCCC2)c1. The number of likely N-dealkylation sites (tertiary alicyclic amines) is 1. The summed E-state index contributed by atoms with van der Waals surface area (Å²) in [5, 5.41) is 5.97. The van der Waals surface area contributed by atoms with Crippen molar-refractivity contribution in [3.05, 3.63) is 35.4 Å². The molecule has 22 heavy (non-hydrogen) atoms. The number of amides is 1. The molecule has 1 heterocycles. The number of nitrogens with one attached hydrogen (secondary N) is 2. The highest BCUT2D eigenvalue weighted by atomic mass is 16.1. The fourth-order valence-electron chi connectivity index (χ4n) is 2.92. The van der Waals surface area contributed by atoms with Crippen LogP contribution in [-0.2, 0) is 17.9 Å². The van der Waals surface area contributed by atoms with Gasteiger partial charge in [0.05, 0.1) is 0 Å². The molecular formula is C18H29N3O. The fourth-order valence-corrected chi connectivity index (χ4v) is 2.92. The van der Waals surface area contributed by atoms with Gasteiger partial charge in [0.25, 0.3) is 0 Å². The predicted molar refractivity (Wildman–Crippen MR) is 90.6 cm³/mol. The van der Waals surface area contributed by atoms with E-state index in [0.29, 0.717) is 13.0 Å². The van der Waals surface area contributed by atoms with E-state index in [4.69, 9.17) is 0 Å². The first kappa shape index (κ1) is 17.0. The lowest BCUT2D eigenvalue weighted by molar-refractivity contribution is -0.121. The van der Waals surface area contributed by atoms with Gasteiger partial charge in [-0.15, -0.1) is 0 Å². The van der Waals surface area contributed by atoms with Gasteiger partial charge in [-0.2, -0.15) is 0 Å². The second-order valence-corrected chi connectivity index (χ2v) is 6.14. The third kappa shape index (κ3) is 6.16. The van der Waals surface area contributed by atoms with Crippen LogP contribution in [0.25, 0.3) is 0 Å². The van der Waals surface area contributed by atoms with Crippen molar-refractivity contribution in [1.29, 1.82) is 0 Å². The predicted octanol–water partition coefficient (Wildman–Crippen LogP) is 2.29. The third-order valence-corrected chi connectivity index (χ3v) is 4.19. The largest absolute Gasteiger partial charge is 0.352 e. The van der Waals surface area contributed by atoms with Gasteiger partial charge in [-0.05, 0) is 44.1 Å². The highest BCUT2D eigenvalue weighted by Gasteiger charge is 2.09. The molecule has 0 aromatic heterocycles. The average molecular weight is 303 g/mol. The van der Waals surface area contributed by atoms with Crippen molar-refractivity contribution in [3.8, 4) is 0 Å². The van der Waals surface area contributed by atoms with Crippen LogP contribution in [0.1, 0.15) is 43.2 Å². The molecule has 0 saturated carbocycles. The molecule has 1 fully saturated rings. The van der Waals surface area contributed by atoms with Crippen molar-refractivity contribution in [1.82, 2.24) is 15.5 Å². The van der Waals surface area contributed by atoms with Crippen LogP contribution in [0.2, 0.25) is 0 Å². The van der Waals surface area contributed by atoms with Gasteiger partial charge in [0.1, 0.15) is 0 Å². The molecule has 1 saturated heterocycles. The summed E-state index contributed by atoms with van der Waals surface area (Å²) in [6.45, 7) is 4.80. The Hall–Kier alpha value is -1.39. The zero-order chi connectivity index (χ0) is 15.6. The Bertz CT molecular complexity index is 453. The monoisotopic (exact) mass is 303 g/mol. The zero-order valence-electron chi connectivity index (χ0n) is 13.7. The van der Waals surface area contributed by atoms with E-state index in [2.05, 4.69) is 39.8 Å². The maximum absolute atomic E-state index is 11.7. The molecule has 4 nitrogen and oxygen atoms in total. The fraction of sp³-hybridized carbons (Fsp3) is 0.611. The average Bonchev–Trinajstić information content (AvgIpc) is 2.80. The molecule has 1 aliphatic heterocycles.